The molecule has 0 atom stereocenters. The maximum atomic E-state index is 11.7. The van der Waals surface area contributed by atoms with Crippen LogP contribution in [0.15, 0.2) is 18.3 Å². The van der Waals surface area contributed by atoms with Gasteiger partial charge in [-0.15, -0.1) is 0 Å². The second kappa shape index (κ2) is 3.57. The number of hydrogen-bond acceptors (Lipinski definition) is 2. The van der Waals surface area contributed by atoms with Gasteiger partial charge in [0.1, 0.15) is 0 Å². The number of aryl methyl sites for hydroxylation is 1. The number of fused-ring (bicyclic) bond motifs is 1. The summed E-state index contributed by atoms with van der Waals surface area (Å²) in [6, 6.07) is 2.01. The lowest BCUT2D eigenvalue weighted by Gasteiger charge is -2.08. The summed E-state index contributed by atoms with van der Waals surface area (Å²) in [5.74, 6) is -0.221. The molecule has 0 saturated heterocycles. The van der Waals surface area contributed by atoms with E-state index in [0.717, 1.165) is 12.2 Å². The minimum Gasteiger partial charge on any atom is -0.459 e. The maximum absolute atomic E-state index is 11.7. The second-order valence-corrected chi connectivity index (χ2v) is 4.13. The van der Waals surface area contributed by atoms with Gasteiger partial charge in [-0.05, 0) is 38.5 Å². The Labute approximate surface area is 89.3 Å². The quantitative estimate of drug-likeness (QED) is 0.693. The van der Waals surface area contributed by atoms with Crippen molar-refractivity contribution in [1.29, 1.82) is 0 Å². The molecule has 0 saturated carbocycles. The molecule has 3 nitrogen and oxygen atoms in total. The number of allylic oxidation sites excluding steroid dienone is 1. The Bertz CT molecular complexity index is 427. The van der Waals surface area contributed by atoms with E-state index in [1.54, 1.807) is 0 Å². The Morgan fingerprint density at radius 2 is 2.27 bits per heavy atom. The van der Waals surface area contributed by atoms with E-state index >= 15 is 0 Å². The SMILES string of the molecule is Cc1cc2n(c1)CC=C2C(=O)OC(C)C. The molecule has 15 heavy (non-hydrogen) atoms. The predicted molar refractivity (Wildman–Crippen MR) is 58.4 cm³/mol. The predicted octanol–water partition coefficient (Wildman–Crippen LogP) is 2.15. The van der Waals surface area contributed by atoms with Gasteiger partial charge < -0.3 is 9.30 Å². The van der Waals surface area contributed by atoms with Crippen LogP contribution in [0.3, 0.4) is 0 Å². The molecule has 0 radical (unpaired) electrons. The van der Waals surface area contributed by atoms with Crippen LogP contribution in [-0.4, -0.2) is 16.6 Å². The van der Waals surface area contributed by atoms with Crippen molar-refractivity contribution in [2.24, 2.45) is 0 Å². The van der Waals surface area contributed by atoms with Crippen molar-refractivity contribution in [3.05, 3.63) is 29.6 Å². The molecule has 0 amide bonds. The fourth-order valence-electron chi connectivity index (χ4n) is 1.79. The van der Waals surface area contributed by atoms with Crippen LogP contribution in [-0.2, 0) is 16.1 Å². The van der Waals surface area contributed by atoms with Gasteiger partial charge in [0.2, 0.25) is 0 Å². The number of rotatable bonds is 2. The van der Waals surface area contributed by atoms with E-state index < -0.39 is 0 Å². The van der Waals surface area contributed by atoms with Crippen LogP contribution in [0, 0.1) is 6.92 Å². The van der Waals surface area contributed by atoms with E-state index in [9.17, 15) is 4.79 Å². The smallest absolute Gasteiger partial charge is 0.340 e. The number of nitrogens with zero attached hydrogens (tertiary/aromatic N) is 1. The third-order valence-electron chi connectivity index (χ3n) is 2.36. The van der Waals surface area contributed by atoms with Crippen molar-refractivity contribution in [2.75, 3.05) is 0 Å². The summed E-state index contributed by atoms with van der Waals surface area (Å²) in [6.45, 7) is 6.51. The summed E-state index contributed by atoms with van der Waals surface area (Å²) in [4.78, 5) is 11.7. The van der Waals surface area contributed by atoms with Crippen molar-refractivity contribution >= 4 is 11.5 Å². The van der Waals surface area contributed by atoms with E-state index in [4.69, 9.17) is 4.74 Å². The van der Waals surface area contributed by atoms with Gasteiger partial charge in [-0.2, -0.15) is 0 Å². The molecule has 2 rings (SSSR count). The molecular weight excluding hydrogens is 190 g/mol. The number of carbonyl (C=O) groups excluding carboxylic acids is 1. The molecule has 0 unspecified atom stereocenters. The van der Waals surface area contributed by atoms with Crippen LogP contribution < -0.4 is 0 Å². The summed E-state index contributed by atoms with van der Waals surface area (Å²) < 4.78 is 7.24. The van der Waals surface area contributed by atoms with Gasteiger partial charge in [0.05, 0.1) is 17.4 Å². The highest BCUT2D eigenvalue weighted by molar-refractivity contribution is 6.16. The van der Waals surface area contributed by atoms with Crippen LogP contribution in [0.2, 0.25) is 0 Å². The third kappa shape index (κ3) is 1.82. The fraction of sp³-hybridized carbons (Fsp3) is 0.417. The first-order valence-corrected chi connectivity index (χ1v) is 5.16. The first-order chi connectivity index (χ1) is 7.08. The molecule has 0 spiro atoms. The molecule has 2 heterocycles. The van der Waals surface area contributed by atoms with Crippen molar-refractivity contribution < 1.29 is 9.53 Å². The van der Waals surface area contributed by atoms with Gasteiger partial charge in [-0.25, -0.2) is 4.79 Å². The van der Waals surface area contributed by atoms with Gasteiger partial charge in [0, 0.05) is 12.7 Å². The normalized spacial score (nSPS) is 14.0. The van der Waals surface area contributed by atoms with Crippen molar-refractivity contribution in [3.8, 4) is 0 Å². The van der Waals surface area contributed by atoms with Crippen LogP contribution in [0.5, 0.6) is 0 Å². The number of hydrogen-bond donors (Lipinski definition) is 0. The topological polar surface area (TPSA) is 31.2 Å². The van der Waals surface area contributed by atoms with Crippen molar-refractivity contribution in [1.82, 2.24) is 4.57 Å². The molecule has 3 heteroatoms. The average Bonchev–Trinajstić information content (AvgIpc) is 2.60. The summed E-state index contributed by atoms with van der Waals surface area (Å²) in [7, 11) is 0. The number of carbonyl (C=O) groups is 1. The lowest BCUT2D eigenvalue weighted by atomic mass is 10.2. The molecule has 0 aromatic carbocycles. The van der Waals surface area contributed by atoms with Crippen LogP contribution in [0.1, 0.15) is 25.1 Å². The zero-order valence-electron chi connectivity index (χ0n) is 9.28. The standard InChI is InChI=1S/C12H15NO2/c1-8(2)15-12(14)10-4-5-13-7-9(3)6-11(10)13/h4,6-8H,5H2,1-3H3. The Balaban J connectivity index is 2.22. The van der Waals surface area contributed by atoms with Crippen molar-refractivity contribution in [2.45, 2.75) is 33.4 Å². The lowest BCUT2D eigenvalue weighted by Crippen LogP contribution is -2.12. The summed E-state index contributed by atoms with van der Waals surface area (Å²) >= 11 is 0. The largest absolute Gasteiger partial charge is 0.459 e. The minimum absolute atomic E-state index is 0.0662. The summed E-state index contributed by atoms with van der Waals surface area (Å²) in [5.41, 5.74) is 2.84. The van der Waals surface area contributed by atoms with E-state index in [-0.39, 0.29) is 12.1 Å². The maximum Gasteiger partial charge on any atom is 0.340 e. The molecule has 1 aliphatic rings. The molecule has 0 fully saturated rings. The van der Waals surface area contributed by atoms with Crippen LogP contribution in [0.25, 0.3) is 5.57 Å². The summed E-state index contributed by atoms with van der Waals surface area (Å²) in [6.07, 6.45) is 3.89. The zero-order valence-corrected chi connectivity index (χ0v) is 9.28. The van der Waals surface area contributed by atoms with Gasteiger partial charge in [0.25, 0.3) is 0 Å². The van der Waals surface area contributed by atoms with E-state index in [2.05, 4.69) is 4.57 Å². The molecule has 1 aromatic rings. The lowest BCUT2D eigenvalue weighted by molar-refractivity contribution is -0.140. The fourth-order valence-corrected chi connectivity index (χ4v) is 1.79. The van der Waals surface area contributed by atoms with E-state index in [1.807, 2.05) is 39.1 Å². The second-order valence-electron chi connectivity index (χ2n) is 4.13. The number of aromatic nitrogens is 1. The summed E-state index contributed by atoms with van der Waals surface area (Å²) in [5, 5.41) is 0. The molecule has 1 aromatic heterocycles. The highest BCUT2D eigenvalue weighted by atomic mass is 16.5. The molecule has 80 valence electrons. The van der Waals surface area contributed by atoms with Gasteiger partial charge in [-0.1, -0.05) is 0 Å². The number of ether oxygens (including phenoxy) is 1. The molecule has 0 bridgehead atoms. The number of esters is 1. The highest BCUT2D eigenvalue weighted by Crippen LogP contribution is 2.25. The van der Waals surface area contributed by atoms with E-state index in [1.165, 1.54) is 5.56 Å². The molecule has 1 aliphatic heterocycles. The minimum atomic E-state index is -0.221. The molecule has 0 aliphatic carbocycles. The van der Waals surface area contributed by atoms with Gasteiger partial charge in [-0.3, -0.25) is 0 Å². The van der Waals surface area contributed by atoms with Gasteiger partial charge in [0.15, 0.2) is 0 Å². The van der Waals surface area contributed by atoms with Crippen molar-refractivity contribution in [3.63, 3.8) is 0 Å². The zero-order chi connectivity index (χ0) is 11.0. The Kier molecular flexibility index (Phi) is 2.39. The molecule has 0 N–H and O–H groups in total. The highest BCUT2D eigenvalue weighted by Gasteiger charge is 2.22. The Hall–Kier alpha value is -1.51. The Morgan fingerprint density at radius 3 is 2.93 bits per heavy atom. The first-order valence-electron chi connectivity index (χ1n) is 5.16. The monoisotopic (exact) mass is 205 g/mol. The average molecular weight is 205 g/mol. The molecular formula is C12H15NO2. The first kappa shape index (κ1) is 10.0. The van der Waals surface area contributed by atoms with E-state index in [0.29, 0.717) is 5.57 Å². The van der Waals surface area contributed by atoms with Crippen LogP contribution in [0.4, 0.5) is 0 Å². The van der Waals surface area contributed by atoms with Crippen LogP contribution >= 0.6 is 0 Å². The van der Waals surface area contributed by atoms with Gasteiger partial charge >= 0.3 is 5.97 Å². The Morgan fingerprint density at radius 1 is 1.53 bits per heavy atom. The third-order valence-corrected chi connectivity index (χ3v) is 2.36.